The number of nitrogens with one attached hydrogen (secondary N) is 2. The number of imidazole rings is 1. The lowest BCUT2D eigenvalue weighted by atomic mass is 10.3. The number of nitrogens with zero attached hydrogens (tertiary/aromatic N) is 3. The highest BCUT2D eigenvalue weighted by molar-refractivity contribution is 6.04. The number of hydrogen-bond acceptors (Lipinski definition) is 3. The number of amides is 1. The van der Waals surface area contributed by atoms with Gasteiger partial charge in [0.05, 0.1) is 29.6 Å². The highest BCUT2D eigenvalue weighted by atomic mass is 16.2. The molecule has 6 heteroatoms. The van der Waals surface area contributed by atoms with Crippen LogP contribution in [0.5, 0.6) is 0 Å². The van der Waals surface area contributed by atoms with Gasteiger partial charge in [0, 0.05) is 5.69 Å². The monoisotopic (exact) mass is 281 g/mol. The largest absolute Gasteiger partial charge is 0.317 e. The van der Waals surface area contributed by atoms with Crippen LogP contribution < -0.4 is 5.32 Å². The molecule has 2 heterocycles. The molecule has 2 aromatic heterocycles. The Balaban J connectivity index is 1.92. The topological polar surface area (TPSA) is 75.6 Å². The van der Waals surface area contributed by atoms with Gasteiger partial charge >= 0.3 is 0 Å². The van der Waals surface area contributed by atoms with E-state index in [4.69, 9.17) is 0 Å². The molecule has 0 spiro atoms. The molecule has 1 aromatic carbocycles. The Labute approximate surface area is 121 Å². The number of aryl methyl sites for hydroxylation is 2. The number of para-hydroxylation sites is 1. The fourth-order valence-electron chi connectivity index (χ4n) is 2.17. The van der Waals surface area contributed by atoms with Gasteiger partial charge in [0.25, 0.3) is 5.91 Å². The van der Waals surface area contributed by atoms with Gasteiger partial charge in [-0.1, -0.05) is 18.2 Å². The van der Waals surface area contributed by atoms with Crippen LogP contribution in [0.2, 0.25) is 0 Å². The lowest BCUT2D eigenvalue weighted by molar-refractivity contribution is 0.102. The third kappa shape index (κ3) is 2.43. The molecule has 0 saturated heterocycles. The predicted molar refractivity (Wildman–Crippen MR) is 79.6 cm³/mol. The van der Waals surface area contributed by atoms with E-state index in [1.54, 1.807) is 17.1 Å². The quantitative estimate of drug-likeness (QED) is 0.774. The first-order chi connectivity index (χ1) is 10.2. The maximum absolute atomic E-state index is 12.5. The number of anilines is 1. The second-order valence-electron chi connectivity index (χ2n) is 4.75. The minimum absolute atomic E-state index is 0.219. The fourth-order valence-corrected chi connectivity index (χ4v) is 2.17. The second-order valence-corrected chi connectivity index (χ2v) is 4.75. The summed E-state index contributed by atoms with van der Waals surface area (Å²) in [4.78, 5) is 16.5. The first kappa shape index (κ1) is 13.1. The summed E-state index contributed by atoms with van der Waals surface area (Å²) >= 11 is 0. The van der Waals surface area contributed by atoms with E-state index in [1.807, 2.05) is 44.2 Å². The lowest BCUT2D eigenvalue weighted by Gasteiger charge is -2.09. The molecule has 1 amide bonds. The Kier molecular flexibility index (Phi) is 3.27. The summed E-state index contributed by atoms with van der Waals surface area (Å²) in [5.74, 6) is -0.219. The Morgan fingerprint density at radius 3 is 2.67 bits per heavy atom. The average Bonchev–Trinajstić information content (AvgIpc) is 3.10. The maximum Gasteiger partial charge on any atom is 0.274 e. The zero-order chi connectivity index (χ0) is 14.8. The molecule has 0 saturated carbocycles. The molecule has 0 radical (unpaired) electrons. The van der Waals surface area contributed by atoms with Crippen LogP contribution in [0, 0.1) is 13.8 Å². The molecule has 0 unspecified atom stereocenters. The van der Waals surface area contributed by atoms with Crippen molar-refractivity contribution in [2.75, 3.05) is 5.32 Å². The highest BCUT2D eigenvalue weighted by Gasteiger charge is 2.16. The van der Waals surface area contributed by atoms with E-state index in [9.17, 15) is 4.79 Å². The molecule has 0 aliphatic carbocycles. The molecule has 0 aliphatic heterocycles. The molecule has 106 valence electrons. The summed E-state index contributed by atoms with van der Waals surface area (Å²) in [6.45, 7) is 3.71. The molecule has 6 nitrogen and oxygen atoms in total. The van der Waals surface area contributed by atoms with Crippen molar-refractivity contribution >= 4 is 11.6 Å². The molecule has 0 aliphatic rings. The normalized spacial score (nSPS) is 10.6. The van der Waals surface area contributed by atoms with Gasteiger partial charge in [-0.2, -0.15) is 5.10 Å². The van der Waals surface area contributed by atoms with Crippen LogP contribution in [0.25, 0.3) is 5.69 Å². The van der Waals surface area contributed by atoms with Crippen LogP contribution in [0.1, 0.15) is 21.9 Å². The number of carbonyl (C=O) groups is 1. The predicted octanol–water partition coefficient (Wildman–Crippen LogP) is 2.46. The van der Waals surface area contributed by atoms with Gasteiger partial charge in [0.2, 0.25) is 0 Å². The number of aromatic amines is 1. The summed E-state index contributed by atoms with van der Waals surface area (Å²) in [5.41, 5.74) is 3.65. The van der Waals surface area contributed by atoms with Gasteiger partial charge in [-0.05, 0) is 26.0 Å². The smallest absolute Gasteiger partial charge is 0.274 e. The van der Waals surface area contributed by atoms with Gasteiger partial charge in [-0.3, -0.25) is 14.5 Å². The van der Waals surface area contributed by atoms with Crippen molar-refractivity contribution in [2.45, 2.75) is 13.8 Å². The van der Waals surface area contributed by atoms with Crippen LogP contribution in [0.4, 0.5) is 5.69 Å². The van der Waals surface area contributed by atoms with E-state index in [-0.39, 0.29) is 5.91 Å². The zero-order valence-electron chi connectivity index (χ0n) is 11.8. The summed E-state index contributed by atoms with van der Waals surface area (Å²) < 4.78 is 1.75. The van der Waals surface area contributed by atoms with Crippen molar-refractivity contribution in [1.82, 2.24) is 19.7 Å². The van der Waals surface area contributed by atoms with Crippen molar-refractivity contribution in [1.29, 1.82) is 0 Å². The fraction of sp³-hybridized carbons (Fsp3) is 0.133. The second kappa shape index (κ2) is 5.24. The number of carbonyl (C=O) groups excluding carboxylic acids is 1. The SMILES string of the molecule is Cc1n[nH]c(C)c1NC(=O)c1cncn1-c1ccccc1. The molecule has 3 aromatic rings. The first-order valence-corrected chi connectivity index (χ1v) is 6.57. The van der Waals surface area contributed by atoms with Crippen LogP contribution in [0.3, 0.4) is 0 Å². The number of hydrogen-bond donors (Lipinski definition) is 2. The summed E-state index contributed by atoms with van der Waals surface area (Å²) in [7, 11) is 0. The Morgan fingerprint density at radius 2 is 2.00 bits per heavy atom. The van der Waals surface area contributed by atoms with Gasteiger partial charge in [-0.25, -0.2) is 4.98 Å². The number of benzene rings is 1. The van der Waals surface area contributed by atoms with Crippen molar-refractivity contribution in [3.63, 3.8) is 0 Å². The summed E-state index contributed by atoms with van der Waals surface area (Å²) in [6, 6.07) is 9.61. The third-order valence-corrected chi connectivity index (χ3v) is 3.27. The van der Waals surface area contributed by atoms with Crippen molar-refractivity contribution < 1.29 is 4.79 Å². The van der Waals surface area contributed by atoms with Crippen molar-refractivity contribution in [3.8, 4) is 5.69 Å². The third-order valence-electron chi connectivity index (χ3n) is 3.27. The van der Waals surface area contributed by atoms with Crippen LogP contribution >= 0.6 is 0 Å². The number of aromatic nitrogens is 4. The van der Waals surface area contributed by atoms with Gasteiger partial charge in [-0.15, -0.1) is 0 Å². The van der Waals surface area contributed by atoms with Crippen LogP contribution in [0.15, 0.2) is 42.9 Å². The van der Waals surface area contributed by atoms with E-state index in [0.717, 1.165) is 17.1 Å². The van der Waals surface area contributed by atoms with Gasteiger partial charge in [0.15, 0.2) is 0 Å². The van der Waals surface area contributed by atoms with Crippen LogP contribution in [-0.2, 0) is 0 Å². The minimum Gasteiger partial charge on any atom is -0.317 e. The van der Waals surface area contributed by atoms with Crippen molar-refractivity contribution in [2.24, 2.45) is 0 Å². The first-order valence-electron chi connectivity index (χ1n) is 6.57. The summed E-state index contributed by atoms with van der Waals surface area (Å²) in [6.07, 6.45) is 3.17. The Hall–Kier alpha value is -2.89. The number of rotatable bonds is 3. The average molecular weight is 281 g/mol. The van der Waals surface area contributed by atoms with Gasteiger partial charge in [0.1, 0.15) is 5.69 Å². The molecule has 0 bridgehead atoms. The lowest BCUT2D eigenvalue weighted by Crippen LogP contribution is -2.16. The standard InChI is InChI=1S/C15H15N5O/c1-10-14(11(2)19-18-10)17-15(21)13-8-16-9-20(13)12-6-4-3-5-7-12/h3-9H,1-2H3,(H,17,21)(H,18,19). The van der Waals surface area contributed by atoms with E-state index in [2.05, 4.69) is 20.5 Å². The maximum atomic E-state index is 12.5. The Bertz CT molecular complexity index is 753. The van der Waals surface area contributed by atoms with E-state index in [1.165, 1.54) is 0 Å². The zero-order valence-corrected chi connectivity index (χ0v) is 11.8. The summed E-state index contributed by atoms with van der Waals surface area (Å²) in [5, 5.41) is 9.79. The molecule has 2 N–H and O–H groups in total. The molecular formula is C15H15N5O. The highest BCUT2D eigenvalue weighted by Crippen LogP contribution is 2.18. The van der Waals surface area contributed by atoms with E-state index < -0.39 is 0 Å². The van der Waals surface area contributed by atoms with E-state index in [0.29, 0.717) is 11.4 Å². The van der Waals surface area contributed by atoms with Gasteiger partial charge < -0.3 is 5.32 Å². The molecule has 0 fully saturated rings. The van der Waals surface area contributed by atoms with Crippen molar-refractivity contribution in [3.05, 3.63) is 59.9 Å². The molecule has 21 heavy (non-hydrogen) atoms. The molecule has 3 rings (SSSR count). The molecule has 0 atom stereocenters. The Morgan fingerprint density at radius 1 is 1.24 bits per heavy atom. The van der Waals surface area contributed by atoms with Crippen LogP contribution in [-0.4, -0.2) is 25.7 Å². The minimum atomic E-state index is -0.219. The number of H-pyrrole nitrogens is 1. The molecular weight excluding hydrogens is 266 g/mol. The van der Waals surface area contributed by atoms with E-state index >= 15 is 0 Å².